The largest absolute Gasteiger partial charge is 0.595 e. The second-order valence-corrected chi connectivity index (χ2v) is 5.79. The van der Waals surface area contributed by atoms with Crippen LogP contribution >= 0.6 is 0 Å². The number of ether oxygens (including phenoxy) is 2. The van der Waals surface area contributed by atoms with Crippen LogP contribution in [0.3, 0.4) is 0 Å². The third kappa shape index (κ3) is 3.57. The molecule has 1 aliphatic heterocycles. The summed E-state index contributed by atoms with van der Waals surface area (Å²) >= 11 is 0. The number of allylic oxidation sites excluding steroid dienone is 1. The van der Waals surface area contributed by atoms with Crippen LogP contribution in [0.15, 0.2) is 48.2 Å². The predicted octanol–water partition coefficient (Wildman–Crippen LogP) is 1.77. The topological polar surface area (TPSA) is 104 Å². The Hall–Kier alpha value is -3.20. The first-order chi connectivity index (χ1) is 12.3. The first kappa shape index (κ1) is 17.6. The van der Waals surface area contributed by atoms with Crippen molar-refractivity contribution in [2.75, 3.05) is 14.1 Å². The zero-order valence-corrected chi connectivity index (χ0v) is 14.1. The molecule has 0 fully saturated rings. The van der Waals surface area contributed by atoms with Gasteiger partial charge in [0.2, 0.25) is 5.78 Å². The number of Topliss-reactive ketones (excluding diaryl/α,β-unsaturated/α-hetero) is 1. The lowest BCUT2D eigenvalue weighted by atomic mass is 10.1. The number of benzene rings is 2. The average molecular weight is 356 g/mol. The summed E-state index contributed by atoms with van der Waals surface area (Å²) in [6.07, 6.45) is 0.989. The number of hydrogen-bond acceptors (Lipinski definition) is 6. The Balaban J connectivity index is 1.81. The molecule has 2 N–H and O–H groups in total. The summed E-state index contributed by atoms with van der Waals surface area (Å²) in [5.41, 5.74) is 1.15. The van der Waals surface area contributed by atoms with E-state index in [0.717, 1.165) is 0 Å². The van der Waals surface area contributed by atoms with Crippen LogP contribution < -0.4 is 14.7 Å². The van der Waals surface area contributed by atoms with Crippen molar-refractivity contribution < 1.29 is 29.5 Å². The minimum atomic E-state index is -1.02. The zero-order valence-electron chi connectivity index (χ0n) is 14.1. The van der Waals surface area contributed by atoms with Gasteiger partial charge in [-0.15, -0.1) is 0 Å². The molecule has 8 heteroatoms. The van der Waals surface area contributed by atoms with E-state index >= 15 is 0 Å². The smallest absolute Gasteiger partial charge is 0.414 e. The van der Waals surface area contributed by atoms with Crippen LogP contribution in [-0.4, -0.2) is 36.1 Å². The number of ketones is 1. The number of carbonyl (C=O) groups is 2. The van der Waals surface area contributed by atoms with Crippen LogP contribution in [0.2, 0.25) is 0 Å². The Bertz CT molecular complexity index is 887. The molecule has 0 aromatic heterocycles. The van der Waals surface area contributed by atoms with Crippen molar-refractivity contribution in [2.24, 2.45) is 0 Å². The van der Waals surface area contributed by atoms with Crippen molar-refractivity contribution in [3.63, 3.8) is 0 Å². The van der Waals surface area contributed by atoms with E-state index in [1.165, 1.54) is 41.3 Å². The fourth-order valence-electron chi connectivity index (χ4n) is 2.30. The molecule has 0 bridgehead atoms. The molecule has 0 saturated heterocycles. The van der Waals surface area contributed by atoms with Gasteiger partial charge < -0.3 is 19.6 Å². The number of amides is 1. The Morgan fingerprint density at radius 1 is 1.23 bits per heavy atom. The second-order valence-electron chi connectivity index (χ2n) is 5.79. The van der Waals surface area contributed by atoms with Gasteiger partial charge in [0.1, 0.15) is 11.5 Å². The molecule has 2 aromatic rings. The molecule has 8 nitrogen and oxygen atoms in total. The minimum absolute atomic E-state index is 0.110. The Morgan fingerprint density at radius 2 is 1.92 bits per heavy atom. The fourth-order valence-corrected chi connectivity index (χ4v) is 2.30. The number of carbonyl (C=O) groups excluding carboxylic acids is 2. The third-order valence-corrected chi connectivity index (χ3v) is 3.67. The van der Waals surface area contributed by atoms with Crippen LogP contribution in [0.5, 0.6) is 11.5 Å². The molecule has 0 radical (unpaired) electrons. The molecule has 0 spiro atoms. The second kappa shape index (κ2) is 6.96. The van der Waals surface area contributed by atoms with E-state index in [-0.39, 0.29) is 23.0 Å². The van der Waals surface area contributed by atoms with Gasteiger partial charge in [0.15, 0.2) is 11.4 Å². The van der Waals surface area contributed by atoms with Crippen molar-refractivity contribution in [3.8, 4) is 11.5 Å². The highest BCUT2D eigenvalue weighted by Crippen LogP contribution is 2.35. The van der Waals surface area contributed by atoms with Crippen molar-refractivity contribution in [1.29, 1.82) is 0 Å². The van der Waals surface area contributed by atoms with Crippen LogP contribution in [0.25, 0.3) is 6.08 Å². The molecule has 0 saturated carbocycles. The van der Waals surface area contributed by atoms with Crippen molar-refractivity contribution in [1.82, 2.24) is 4.90 Å². The molecule has 1 amide bonds. The molecule has 1 unspecified atom stereocenters. The van der Waals surface area contributed by atoms with Gasteiger partial charge >= 0.3 is 6.09 Å². The van der Waals surface area contributed by atoms with E-state index in [9.17, 15) is 14.8 Å². The van der Waals surface area contributed by atoms with Gasteiger partial charge in [-0.25, -0.2) is 10.0 Å². The molecule has 134 valence electrons. The van der Waals surface area contributed by atoms with Gasteiger partial charge in [-0.05, 0) is 35.9 Å². The van der Waals surface area contributed by atoms with E-state index in [1.807, 2.05) is 0 Å². The number of rotatable bonds is 3. The highest BCUT2D eigenvalue weighted by Gasteiger charge is 2.28. The molecule has 1 aliphatic rings. The number of fused-ring (bicyclic) bond motifs is 1. The first-order valence-corrected chi connectivity index (χ1v) is 7.66. The average Bonchev–Trinajstić information content (AvgIpc) is 2.90. The summed E-state index contributed by atoms with van der Waals surface area (Å²) in [4.78, 5) is 25.3. The SMILES string of the molecule is CN(C)C(=O)Oc1ccc2c(c1)OC(=Cc1ccc([NH+]([O-])O)cc1)C2=O. The molecule has 26 heavy (non-hydrogen) atoms. The standard InChI is InChI=1S/C18H16N2O6/c1-19(2)18(22)25-13-7-8-14-15(10-13)26-16(17(14)21)9-11-3-5-12(6-4-11)20(23)24/h3-10,20,23H,1-2H3. The van der Waals surface area contributed by atoms with Gasteiger partial charge in [-0.1, -0.05) is 0 Å². The summed E-state index contributed by atoms with van der Waals surface area (Å²) in [7, 11) is 3.12. The van der Waals surface area contributed by atoms with Gasteiger partial charge in [0.05, 0.1) is 5.56 Å². The first-order valence-electron chi connectivity index (χ1n) is 7.66. The fraction of sp³-hybridized carbons (Fsp3) is 0.111. The van der Waals surface area contributed by atoms with Gasteiger partial charge in [0.25, 0.3) is 0 Å². The molecular formula is C18H16N2O6. The Labute approximate surface area is 149 Å². The van der Waals surface area contributed by atoms with Crippen molar-refractivity contribution in [2.45, 2.75) is 0 Å². The van der Waals surface area contributed by atoms with Gasteiger partial charge in [-0.2, -0.15) is 5.23 Å². The van der Waals surface area contributed by atoms with Crippen LogP contribution in [-0.2, 0) is 0 Å². The van der Waals surface area contributed by atoms with E-state index in [2.05, 4.69) is 0 Å². The lowest BCUT2D eigenvalue weighted by Gasteiger charge is -2.11. The van der Waals surface area contributed by atoms with Gasteiger partial charge in [-0.3, -0.25) is 4.79 Å². The number of nitrogens with zero attached hydrogens (tertiary/aromatic N) is 1. The van der Waals surface area contributed by atoms with Crippen molar-refractivity contribution >= 4 is 23.6 Å². The summed E-state index contributed by atoms with van der Waals surface area (Å²) in [5.74, 6) is 0.377. The molecule has 1 atom stereocenters. The summed E-state index contributed by atoms with van der Waals surface area (Å²) in [6, 6.07) is 10.6. The molecule has 1 heterocycles. The van der Waals surface area contributed by atoms with Crippen molar-refractivity contribution in [3.05, 3.63) is 64.6 Å². The highest BCUT2D eigenvalue weighted by atomic mass is 16.8. The lowest BCUT2D eigenvalue weighted by Crippen LogP contribution is -2.99. The maximum Gasteiger partial charge on any atom is 0.414 e. The van der Waals surface area contributed by atoms with E-state index in [0.29, 0.717) is 16.9 Å². The summed E-state index contributed by atoms with van der Waals surface area (Å²) in [5, 5.41) is 18.8. The van der Waals surface area contributed by atoms with E-state index < -0.39 is 11.3 Å². The molecule has 2 aromatic carbocycles. The van der Waals surface area contributed by atoms with E-state index in [1.54, 1.807) is 26.2 Å². The van der Waals surface area contributed by atoms with E-state index in [4.69, 9.17) is 14.7 Å². The Kier molecular flexibility index (Phi) is 4.72. The lowest BCUT2D eigenvalue weighted by molar-refractivity contribution is -0.991. The maximum atomic E-state index is 12.4. The number of quaternary nitrogens is 1. The molecular weight excluding hydrogens is 340 g/mol. The van der Waals surface area contributed by atoms with Crippen LogP contribution in [0, 0.1) is 5.21 Å². The quantitative estimate of drug-likeness (QED) is 0.642. The Morgan fingerprint density at radius 3 is 2.54 bits per heavy atom. The van der Waals surface area contributed by atoms with Crippen LogP contribution in [0.1, 0.15) is 15.9 Å². The van der Waals surface area contributed by atoms with Gasteiger partial charge in [0, 0.05) is 32.3 Å². The zero-order chi connectivity index (χ0) is 18.8. The number of nitrogens with one attached hydrogen (secondary N) is 1. The minimum Gasteiger partial charge on any atom is -0.595 e. The molecule has 0 aliphatic carbocycles. The number of hydrogen-bond donors (Lipinski definition) is 2. The van der Waals surface area contributed by atoms with Crippen LogP contribution in [0.4, 0.5) is 10.5 Å². The molecule has 3 rings (SSSR count). The highest BCUT2D eigenvalue weighted by molar-refractivity contribution is 6.14. The monoisotopic (exact) mass is 356 g/mol. The predicted molar refractivity (Wildman–Crippen MR) is 91.3 cm³/mol. The summed E-state index contributed by atoms with van der Waals surface area (Å²) < 4.78 is 10.7. The third-order valence-electron chi connectivity index (χ3n) is 3.67. The maximum absolute atomic E-state index is 12.4. The summed E-state index contributed by atoms with van der Waals surface area (Å²) in [6.45, 7) is 0. The normalized spacial score (nSPS) is 15.4.